The molecule has 2 heterocycles. The maximum absolute atomic E-state index is 4.19. The molecule has 3 aromatic rings. The largest absolute Gasteiger partial charge is 0.312 e. The molecule has 0 bridgehead atoms. The predicted molar refractivity (Wildman–Crippen MR) is 84.0 cm³/mol. The highest BCUT2D eigenvalue weighted by molar-refractivity contribution is 7.99. The van der Waals surface area contributed by atoms with E-state index in [2.05, 4.69) is 57.7 Å². The number of aromatic amines is 1. The number of hydrogen-bond donors (Lipinski definition) is 1. The standard InChI is InChI=1S/C15H17N5S/c1-10-7-14(18-17-10)13-6-4-5-12(8-13)11(2)21-15-19-16-9-20(15)3/h4-9,11H,1-3H3,(H,17,18). The number of aromatic nitrogens is 5. The van der Waals surface area contributed by atoms with Crippen LogP contribution in [0.1, 0.15) is 23.4 Å². The molecule has 0 spiro atoms. The molecule has 6 heteroatoms. The molecular formula is C15H17N5S. The molecule has 1 atom stereocenters. The van der Waals surface area contributed by atoms with Crippen LogP contribution in [-0.4, -0.2) is 25.0 Å². The summed E-state index contributed by atoms with van der Waals surface area (Å²) in [5.74, 6) is 0. The van der Waals surface area contributed by atoms with Gasteiger partial charge in [0.25, 0.3) is 0 Å². The fourth-order valence-electron chi connectivity index (χ4n) is 2.13. The van der Waals surface area contributed by atoms with Crippen LogP contribution in [0.2, 0.25) is 0 Å². The van der Waals surface area contributed by atoms with Crippen molar-refractivity contribution in [2.45, 2.75) is 24.3 Å². The minimum Gasteiger partial charge on any atom is -0.312 e. The van der Waals surface area contributed by atoms with Crippen molar-refractivity contribution < 1.29 is 0 Å². The lowest BCUT2D eigenvalue weighted by Crippen LogP contribution is -1.94. The number of rotatable bonds is 4. The van der Waals surface area contributed by atoms with Crippen LogP contribution in [-0.2, 0) is 7.05 Å². The molecule has 1 N–H and O–H groups in total. The van der Waals surface area contributed by atoms with Crippen molar-refractivity contribution in [2.75, 3.05) is 0 Å². The number of nitrogens with one attached hydrogen (secondary N) is 1. The normalized spacial score (nSPS) is 12.5. The van der Waals surface area contributed by atoms with Crippen molar-refractivity contribution in [1.29, 1.82) is 0 Å². The van der Waals surface area contributed by atoms with Gasteiger partial charge >= 0.3 is 0 Å². The van der Waals surface area contributed by atoms with Crippen molar-refractivity contribution in [1.82, 2.24) is 25.0 Å². The van der Waals surface area contributed by atoms with Crippen LogP contribution < -0.4 is 0 Å². The average molecular weight is 299 g/mol. The number of benzene rings is 1. The third-order valence-electron chi connectivity index (χ3n) is 3.33. The van der Waals surface area contributed by atoms with E-state index >= 15 is 0 Å². The van der Waals surface area contributed by atoms with E-state index < -0.39 is 0 Å². The lowest BCUT2D eigenvalue weighted by atomic mass is 10.1. The van der Waals surface area contributed by atoms with E-state index in [1.807, 2.05) is 18.5 Å². The first-order valence-corrected chi connectivity index (χ1v) is 7.64. The molecule has 0 aliphatic heterocycles. The highest BCUT2D eigenvalue weighted by atomic mass is 32.2. The van der Waals surface area contributed by atoms with Gasteiger partial charge in [0, 0.05) is 12.3 Å². The van der Waals surface area contributed by atoms with E-state index in [0.29, 0.717) is 5.25 Å². The highest BCUT2D eigenvalue weighted by Gasteiger charge is 2.12. The number of hydrogen-bond acceptors (Lipinski definition) is 4. The predicted octanol–water partition coefficient (Wildman–Crippen LogP) is 3.37. The Bertz CT molecular complexity index is 746. The first-order chi connectivity index (χ1) is 10.1. The fraction of sp³-hybridized carbons (Fsp3) is 0.267. The Morgan fingerprint density at radius 2 is 2.14 bits per heavy atom. The fourth-order valence-corrected chi connectivity index (χ4v) is 3.04. The first kappa shape index (κ1) is 13.9. The Morgan fingerprint density at radius 3 is 2.81 bits per heavy atom. The van der Waals surface area contributed by atoms with E-state index in [1.54, 1.807) is 18.1 Å². The van der Waals surface area contributed by atoms with Crippen molar-refractivity contribution in [3.63, 3.8) is 0 Å². The van der Waals surface area contributed by atoms with Crippen molar-refractivity contribution in [3.8, 4) is 11.3 Å². The minimum atomic E-state index is 0.303. The van der Waals surface area contributed by atoms with Gasteiger partial charge in [0.2, 0.25) is 0 Å². The van der Waals surface area contributed by atoms with E-state index in [0.717, 1.165) is 22.1 Å². The molecule has 1 unspecified atom stereocenters. The van der Waals surface area contributed by atoms with Crippen LogP contribution in [0.4, 0.5) is 0 Å². The monoisotopic (exact) mass is 299 g/mol. The molecule has 0 aliphatic carbocycles. The van der Waals surface area contributed by atoms with E-state index in [4.69, 9.17) is 0 Å². The van der Waals surface area contributed by atoms with Gasteiger partial charge in [0.05, 0.1) is 11.4 Å². The molecule has 108 valence electrons. The topological polar surface area (TPSA) is 59.4 Å². The molecule has 2 aromatic heterocycles. The summed E-state index contributed by atoms with van der Waals surface area (Å²) in [5, 5.41) is 16.5. The third kappa shape index (κ3) is 3.00. The lowest BCUT2D eigenvalue weighted by Gasteiger charge is -2.11. The third-order valence-corrected chi connectivity index (χ3v) is 4.53. The van der Waals surface area contributed by atoms with Crippen LogP contribution in [0.5, 0.6) is 0 Å². The lowest BCUT2D eigenvalue weighted by molar-refractivity contribution is 0.785. The van der Waals surface area contributed by atoms with Crippen LogP contribution in [0, 0.1) is 6.92 Å². The number of aryl methyl sites for hydroxylation is 2. The summed E-state index contributed by atoms with van der Waals surface area (Å²) in [5.41, 5.74) is 4.45. The molecule has 21 heavy (non-hydrogen) atoms. The summed E-state index contributed by atoms with van der Waals surface area (Å²) in [6.07, 6.45) is 1.72. The summed E-state index contributed by atoms with van der Waals surface area (Å²) in [6, 6.07) is 10.6. The van der Waals surface area contributed by atoms with Gasteiger partial charge in [0.1, 0.15) is 6.33 Å². The highest BCUT2D eigenvalue weighted by Crippen LogP contribution is 2.34. The SMILES string of the molecule is Cc1cc(-c2cccc(C(C)Sc3nncn3C)c2)[nH]n1. The zero-order valence-corrected chi connectivity index (χ0v) is 13.1. The smallest absolute Gasteiger partial charge is 0.191 e. The maximum Gasteiger partial charge on any atom is 0.191 e. The van der Waals surface area contributed by atoms with E-state index in [1.165, 1.54) is 5.56 Å². The van der Waals surface area contributed by atoms with Gasteiger partial charge in [0.15, 0.2) is 5.16 Å². The molecule has 0 saturated heterocycles. The van der Waals surface area contributed by atoms with Crippen molar-refractivity contribution >= 4 is 11.8 Å². The summed E-state index contributed by atoms with van der Waals surface area (Å²) in [6.45, 7) is 4.16. The molecule has 3 rings (SSSR count). The second-order valence-electron chi connectivity index (χ2n) is 5.03. The number of nitrogens with zero attached hydrogens (tertiary/aromatic N) is 4. The summed E-state index contributed by atoms with van der Waals surface area (Å²) in [4.78, 5) is 0. The summed E-state index contributed by atoms with van der Waals surface area (Å²) in [7, 11) is 1.96. The second-order valence-corrected chi connectivity index (χ2v) is 6.34. The van der Waals surface area contributed by atoms with Crippen LogP contribution in [0.25, 0.3) is 11.3 Å². The van der Waals surface area contributed by atoms with Gasteiger partial charge in [-0.2, -0.15) is 5.10 Å². The van der Waals surface area contributed by atoms with Crippen LogP contribution >= 0.6 is 11.8 Å². The molecule has 0 aliphatic rings. The Balaban J connectivity index is 1.84. The quantitative estimate of drug-likeness (QED) is 0.750. The van der Waals surface area contributed by atoms with Gasteiger partial charge < -0.3 is 4.57 Å². The Morgan fingerprint density at radius 1 is 1.29 bits per heavy atom. The van der Waals surface area contributed by atoms with Gasteiger partial charge in [-0.1, -0.05) is 30.0 Å². The van der Waals surface area contributed by atoms with E-state index in [-0.39, 0.29) is 0 Å². The zero-order valence-electron chi connectivity index (χ0n) is 12.2. The molecular weight excluding hydrogens is 282 g/mol. The molecule has 1 aromatic carbocycles. The van der Waals surface area contributed by atoms with E-state index in [9.17, 15) is 0 Å². The van der Waals surface area contributed by atoms with Crippen LogP contribution in [0.3, 0.4) is 0 Å². The minimum absolute atomic E-state index is 0.303. The van der Waals surface area contributed by atoms with Gasteiger partial charge in [-0.05, 0) is 37.1 Å². The van der Waals surface area contributed by atoms with Crippen LogP contribution in [0.15, 0.2) is 41.8 Å². The average Bonchev–Trinajstić information content (AvgIpc) is 3.08. The molecule has 0 amide bonds. The summed E-state index contributed by atoms with van der Waals surface area (Å²) < 4.78 is 1.93. The van der Waals surface area contributed by atoms with Crippen molar-refractivity contribution in [2.24, 2.45) is 7.05 Å². The van der Waals surface area contributed by atoms with Gasteiger partial charge in [-0.3, -0.25) is 5.10 Å². The van der Waals surface area contributed by atoms with Gasteiger partial charge in [-0.15, -0.1) is 10.2 Å². The number of H-pyrrole nitrogens is 1. The molecule has 0 fully saturated rings. The second kappa shape index (κ2) is 5.73. The molecule has 5 nitrogen and oxygen atoms in total. The molecule has 0 radical (unpaired) electrons. The number of thioether (sulfide) groups is 1. The Kier molecular flexibility index (Phi) is 3.79. The first-order valence-electron chi connectivity index (χ1n) is 6.76. The molecule has 0 saturated carbocycles. The maximum atomic E-state index is 4.19. The Hall–Kier alpha value is -2.08. The van der Waals surface area contributed by atoms with Gasteiger partial charge in [-0.25, -0.2) is 0 Å². The zero-order chi connectivity index (χ0) is 14.8. The Labute approximate surface area is 127 Å². The van der Waals surface area contributed by atoms with Crippen molar-refractivity contribution in [3.05, 3.63) is 47.9 Å². The summed E-state index contributed by atoms with van der Waals surface area (Å²) >= 11 is 1.70.